The van der Waals surface area contributed by atoms with Crippen LogP contribution in [0.25, 0.3) is 0 Å². The van der Waals surface area contributed by atoms with Gasteiger partial charge in [0.2, 0.25) is 0 Å². The van der Waals surface area contributed by atoms with Gasteiger partial charge in [0, 0.05) is 11.5 Å². The van der Waals surface area contributed by atoms with Crippen molar-refractivity contribution in [1.82, 2.24) is 0 Å². The molecular formula is C19H33NO. The van der Waals surface area contributed by atoms with Gasteiger partial charge in [-0.25, -0.2) is 0 Å². The summed E-state index contributed by atoms with van der Waals surface area (Å²) in [7, 11) is 0. The van der Waals surface area contributed by atoms with E-state index in [1.807, 2.05) is 0 Å². The highest BCUT2D eigenvalue weighted by molar-refractivity contribution is 5.13. The van der Waals surface area contributed by atoms with Crippen molar-refractivity contribution in [3.8, 4) is 0 Å². The molecule has 4 rings (SSSR count). The molecule has 2 N–H and O–H groups in total. The molecular weight excluding hydrogens is 258 g/mol. The van der Waals surface area contributed by atoms with Gasteiger partial charge in [-0.05, 0) is 55.3 Å². The Bertz CT molecular complexity index is 425. The van der Waals surface area contributed by atoms with Crippen LogP contribution in [0.5, 0.6) is 0 Å². The van der Waals surface area contributed by atoms with Gasteiger partial charge in [0.15, 0.2) is 0 Å². The second kappa shape index (κ2) is 4.47. The molecule has 2 nitrogen and oxygen atoms in total. The zero-order valence-electron chi connectivity index (χ0n) is 14.2. The van der Waals surface area contributed by atoms with Gasteiger partial charge in [-0.1, -0.05) is 40.0 Å². The maximum atomic E-state index is 6.80. The van der Waals surface area contributed by atoms with E-state index in [0.717, 1.165) is 12.3 Å². The van der Waals surface area contributed by atoms with Gasteiger partial charge in [0.05, 0.1) is 12.2 Å². The molecule has 2 heteroatoms. The molecule has 0 heterocycles. The van der Waals surface area contributed by atoms with Crippen molar-refractivity contribution >= 4 is 0 Å². The first-order valence-electron chi connectivity index (χ1n) is 9.31. The van der Waals surface area contributed by atoms with Gasteiger partial charge < -0.3 is 10.5 Å². The first-order chi connectivity index (χ1) is 9.90. The zero-order chi connectivity index (χ0) is 14.9. The molecule has 4 saturated carbocycles. The van der Waals surface area contributed by atoms with Crippen molar-refractivity contribution in [2.45, 2.75) is 96.8 Å². The number of hydrogen-bond acceptors (Lipinski definition) is 2. The Labute approximate surface area is 130 Å². The minimum Gasteiger partial charge on any atom is -0.374 e. The molecule has 4 aliphatic carbocycles. The van der Waals surface area contributed by atoms with Crippen LogP contribution in [-0.4, -0.2) is 18.2 Å². The molecule has 0 aromatic rings. The molecule has 5 atom stereocenters. The van der Waals surface area contributed by atoms with Gasteiger partial charge in [-0.3, -0.25) is 0 Å². The predicted octanol–water partition coefficient (Wildman–Crippen LogP) is 4.27. The molecule has 0 amide bonds. The summed E-state index contributed by atoms with van der Waals surface area (Å²) in [4.78, 5) is 0. The summed E-state index contributed by atoms with van der Waals surface area (Å²) in [6.07, 6.45) is 12.9. The predicted molar refractivity (Wildman–Crippen MR) is 86.0 cm³/mol. The van der Waals surface area contributed by atoms with Crippen molar-refractivity contribution in [3.63, 3.8) is 0 Å². The molecule has 4 aliphatic rings. The Morgan fingerprint density at radius 2 is 1.62 bits per heavy atom. The third-order valence-electron chi connectivity index (χ3n) is 8.67. The van der Waals surface area contributed by atoms with Gasteiger partial charge in [0.1, 0.15) is 0 Å². The fourth-order valence-corrected chi connectivity index (χ4v) is 6.41. The third-order valence-corrected chi connectivity index (χ3v) is 8.67. The zero-order valence-corrected chi connectivity index (χ0v) is 14.2. The Morgan fingerprint density at radius 3 is 2.14 bits per heavy atom. The first-order valence-corrected chi connectivity index (χ1v) is 9.31. The van der Waals surface area contributed by atoms with E-state index in [4.69, 9.17) is 10.5 Å². The van der Waals surface area contributed by atoms with Gasteiger partial charge >= 0.3 is 0 Å². The van der Waals surface area contributed by atoms with Crippen LogP contribution in [0.15, 0.2) is 0 Å². The number of ether oxygens (including phenoxy) is 1. The summed E-state index contributed by atoms with van der Waals surface area (Å²) in [5.41, 5.74) is 7.64. The van der Waals surface area contributed by atoms with E-state index < -0.39 is 0 Å². The summed E-state index contributed by atoms with van der Waals surface area (Å²) in [6.45, 7) is 7.46. The van der Waals surface area contributed by atoms with Gasteiger partial charge in [0.25, 0.3) is 0 Å². The Hall–Kier alpha value is -0.0800. The molecule has 120 valence electrons. The maximum absolute atomic E-state index is 6.80. The lowest BCUT2D eigenvalue weighted by molar-refractivity contribution is -0.194. The van der Waals surface area contributed by atoms with E-state index >= 15 is 0 Å². The van der Waals surface area contributed by atoms with Crippen molar-refractivity contribution < 1.29 is 4.74 Å². The van der Waals surface area contributed by atoms with Crippen LogP contribution < -0.4 is 5.73 Å². The van der Waals surface area contributed by atoms with Crippen LogP contribution >= 0.6 is 0 Å². The lowest BCUT2D eigenvalue weighted by atomic mass is 9.55. The van der Waals surface area contributed by atoms with E-state index in [-0.39, 0.29) is 0 Å². The van der Waals surface area contributed by atoms with Crippen molar-refractivity contribution in [3.05, 3.63) is 0 Å². The van der Waals surface area contributed by atoms with Crippen molar-refractivity contribution in [2.75, 3.05) is 0 Å². The Morgan fingerprint density at radius 1 is 0.905 bits per heavy atom. The maximum Gasteiger partial charge on any atom is 0.0665 e. The molecule has 5 unspecified atom stereocenters. The molecule has 21 heavy (non-hydrogen) atoms. The largest absolute Gasteiger partial charge is 0.374 e. The minimum absolute atomic E-state index is 0.348. The normalized spacial score (nSPS) is 50.3. The SMILES string of the molecule is CC1(C)C2CCC1(C)C(OC1CC(N)C13CCCCC3)C2. The Balaban J connectivity index is 1.50. The van der Waals surface area contributed by atoms with E-state index in [1.165, 1.54) is 51.4 Å². The van der Waals surface area contributed by atoms with Gasteiger partial charge in [-0.2, -0.15) is 0 Å². The third kappa shape index (κ3) is 1.72. The highest BCUT2D eigenvalue weighted by atomic mass is 16.5. The van der Waals surface area contributed by atoms with Crippen LogP contribution in [0.2, 0.25) is 0 Å². The summed E-state index contributed by atoms with van der Waals surface area (Å²) < 4.78 is 6.80. The van der Waals surface area contributed by atoms with Crippen LogP contribution in [0.3, 0.4) is 0 Å². The second-order valence-corrected chi connectivity index (χ2v) is 9.36. The van der Waals surface area contributed by atoms with E-state index in [0.29, 0.717) is 34.5 Å². The highest BCUT2D eigenvalue weighted by Crippen LogP contribution is 2.67. The highest BCUT2D eigenvalue weighted by Gasteiger charge is 2.64. The molecule has 1 spiro atoms. The number of fused-ring (bicyclic) bond motifs is 2. The van der Waals surface area contributed by atoms with Crippen LogP contribution in [0, 0.1) is 22.2 Å². The Kier molecular flexibility index (Phi) is 3.09. The molecule has 0 aromatic carbocycles. The molecule has 4 fully saturated rings. The average molecular weight is 291 g/mol. The summed E-state index contributed by atoms with van der Waals surface area (Å²) in [5, 5.41) is 0. The van der Waals surface area contributed by atoms with Crippen molar-refractivity contribution in [1.29, 1.82) is 0 Å². The molecule has 0 radical (unpaired) electrons. The fraction of sp³-hybridized carbons (Fsp3) is 1.00. The van der Waals surface area contributed by atoms with Crippen LogP contribution in [0.4, 0.5) is 0 Å². The quantitative estimate of drug-likeness (QED) is 0.824. The second-order valence-electron chi connectivity index (χ2n) is 9.36. The van der Waals surface area contributed by atoms with Crippen LogP contribution in [-0.2, 0) is 4.74 Å². The lowest BCUT2D eigenvalue weighted by Crippen LogP contribution is -2.64. The minimum atomic E-state index is 0.348. The van der Waals surface area contributed by atoms with Gasteiger partial charge in [-0.15, -0.1) is 0 Å². The van der Waals surface area contributed by atoms with Crippen molar-refractivity contribution in [2.24, 2.45) is 27.9 Å². The molecule has 2 bridgehead atoms. The number of hydrogen-bond donors (Lipinski definition) is 1. The standard InChI is InChI=1S/C19H33NO/c1-17(2)13-7-10-18(17,3)15(11-13)21-16-12-14(20)19(16)8-5-4-6-9-19/h13-16H,4-12,20H2,1-3H3. The number of rotatable bonds is 2. The lowest BCUT2D eigenvalue weighted by Gasteiger charge is -2.58. The summed E-state index contributed by atoms with van der Waals surface area (Å²) >= 11 is 0. The van der Waals surface area contributed by atoms with E-state index in [1.54, 1.807) is 0 Å². The summed E-state index contributed by atoms with van der Waals surface area (Å²) in [5.74, 6) is 0.878. The molecule has 0 aromatic heterocycles. The average Bonchev–Trinajstić information content (AvgIpc) is 2.81. The monoisotopic (exact) mass is 291 g/mol. The smallest absolute Gasteiger partial charge is 0.0665 e. The van der Waals surface area contributed by atoms with E-state index in [9.17, 15) is 0 Å². The number of nitrogens with two attached hydrogens (primary N) is 1. The van der Waals surface area contributed by atoms with E-state index in [2.05, 4.69) is 20.8 Å². The fourth-order valence-electron chi connectivity index (χ4n) is 6.41. The summed E-state index contributed by atoms with van der Waals surface area (Å²) in [6, 6.07) is 0.405. The molecule has 0 saturated heterocycles. The first kappa shape index (κ1) is 14.5. The van der Waals surface area contributed by atoms with Crippen LogP contribution in [0.1, 0.15) is 78.6 Å². The molecule has 0 aliphatic heterocycles. The topological polar surface area (TPSA) is 35.2 Å².